The number of nitrogens with zero attached hydrogens (tertiary/aromatic N) is 4. The van der Waals surface area contributed by atoms with Gasteiger partial charge in [0.25, 0.3) is 5.95 Å². The molecular weight excluding hydrogens is 455 g/mol. The maximum absolute atomic E-state index is 12.2. The van der Waals surface area contributed by atoms with E-state index in [1.807, 2.05) is 19.9 Å². The summed E-state index contributed by atoms with van der Waals surface area (Å²) in [5.74, 6) is -0.170. The van der Waals surface area contributed by atoms with Gasteiger partial charge in [0.15, 0.2) is 0 Å². The highest BCUT2D eigenvalue weighted by Gasteiger charge is 2.24. The van der Waals surface area contributed by atoms with E-state index in [1.165, 1.54) is 37.3 Å². The molecule has 0 fully saturated rings. The summed E-state index contributed by atoms with van der Waals surface area (Å²) < 4.78 is 25.0. The number of benzene rings is 1. The molecule has 0 saturated heterocycles. The Kier molecular flexibility index (Phi) is 6.94. The molecule has 0 amide bonds. The van der Waals surface area contributed by atoms with Gasteiger partial charge in [-0.25, -0.2) is 19.4 Å². The smallest absolute Gasteiger partial charge is 0.382 e. The van der Waals surface area contributed by atoms with Crippen LogP contribution in [0.5, 0.6) is 11.6 Å². The molecule has 2 N–H and O–H groups in total. The Hall–Kier alpha value is -4.02. The summed E-state index contributed by atoms with van der Waals surface area (Å²) >= 11 is 0. The first-order valence-electron chi connectivity index (χ1n) is 11.2. The van der Waals surface area contributed by atoms with Gasteiger partial charge in [0.05, 0.1) is 19.9 Å². The van der Waals surface area contributed by atoms with Crippen molar-refractivity contribution in [2.24, 2.45) is 0 Å². The molecule has 0 spiro atoms. The summed E-state index contributed by atoms with van der Waals surface area (Å²) in [6.07, 6.45) is 8.00. The number of nitrogens with one attached hydrogen (secondary N) is 2. The van der Waals surface area contributed by atoms with Crippen molar-refractivity contribution in [3.05, 3.63) is 53.0 Å². The number of aromatic nitrogens is 4. The van der Waals surface area contributed by atoms with E-state index in [1.54, 1.807) is 0 Å². The van der Waals surface area contributed by atoms with Gasteiger partial charge < -0.3 is 20.2 Å². The van der Waals surface area contributed by atoms with Gasteiger partial charge in [-0.05, 0) is 62.8 Å². The highest BCUT2D eigenvalue weighted by atomic mass is 19.3. The van der Waals surface area contributed by atoms with Gasteiger partial charge >= 0.3 is 5.97 Å². The van der Waals surface area contributed by atoms with E-state index in [2.05, 4.69) is 37.5 Å². The highest BCUT2D eigenvalue weighted by Crippen LogP contribution is 2.29. The zero-order valence-corrected chi connectivity index (χ0v) is 19.8. The number of hydrogen-bond acceptors (Lipinski definition) is 9. The zero-order valence-electron chi connectivity index (χ0n) is 19.8. The van der Waals surface area contributed by atoms with Crippen molar-refractivity contribution >= 4 is 17.9 Å². The Labute approximate surface area is 201 Å². The van der Waals surface area contributed by atoms with E-state index < -0.39 is 11.6 Å². The SMILES string of the molecule is COc1nc(-n2cc(C(=O)OF)cn2)nc(C=N)c1NCC(C)(C)Oc1ccc2c(c1)CCCC2. The maximum atomic E-state index is 12.2. The number of methoxy groups -OCH3 is 1. The summed E-state index contributed by atoms with van der Waals surface area (Å²) in [7, 11) is 1.44. The minimum Gasteiger partial charge on any atom is -0.486 e. The van der Waals surface area contributed by atoms with Crippen LogP contribution in [0.3, 0.4) is 0 Å². The van der Waals surface area contributed by atoms with Crippen LogP contribution < -0.4 is 14.8 Å². The fraction of sp³-hybridized carbons (Fsp3) is 0.375. The van der Waals surface area contributed by atoms with Gasteiger partial charge in [0, 0.05) is 16.9 Å². The van der Waals surface area contributed by atoms with E-state index in [0.717, 1.165) is 35.7 Å². The van der Waals surface area contributed by atoms with Gasteiger partial charge in [0.2, 0.25) is 5.88 Å². The maximum Gasteiger partial charge on any atom is 0.382 e. The molecule has 0 aliphatic heterocycles. The molecule has 1 aromatic carbocycles. The lowest BCUT2D eigenvalue weighted by atomic mass is 9.91. The molecule has 2 heterocycles. The number of halogens is 1. The van der Waals surface area contributed by atoms with E-state index >= 15 is 0 Å². The third-order valence-corrected chi connectivity index (χ3v) is 5.72. The molecule has 2 aromatic heterocycles. The third kappa shape index (κ3) is 5.39. The van der Waals surface area contributed by atoms with Gasteiger partial charge in [-0.2, -0.15) is 10.1 Å². The normalized spacial score (nSPS) is 13.0. The molecule has 10 nitrogen and oxygen atoms in total. The van der Waals surface area contributed by atoms with Crippen molar-refractivity contribution in [1.82, 2.24) is 19.7 Å². The fourth-order valence-electron chi connectivity index (χ4n) is 3.98. The number of carbonyl (C=O) groups excluding carboxylic acids is 1. The van der Waals surface area contributed by atoms with Crippen LogP contribution in [0.15, 0.2) is 30.6 Å². The zero-order chi connectivity index (χ0) is 25.0. The summed E-state index contributed by atoms with van der Waals surface area (Å²) in [6, 6.07) is 6.27. The van der Waals surface area contributed by atoms with Crippen molar-refractivity contribution in [3.63, 3.8) is 0 Å². The second-order valence-corrected chi connectivity index (χ2v) is 8.83. The Morgan fingerprint density at radius 1 is 1.26 bits per heavy atom. The first-order chi connectivity index (χ1) is 16.8. The first-order valence-corrected chi connectivity index (χ1v) is 11.2. The molecule has 35 heavy (non-hydrogen) atoms. The Morgan fingerprint density at radius 2 is 2.03 bits per heavy atom. The van der Waals surface area contributed by atoms with Crippen molar-refractivity contribution in [1.29, 1.82) is 5.41 Å². The monoisotopic (exact) mass is 482 g/mol. The average Bonchev–Trinajstić information content (AvgIpc) is 3.36. The van der Waals surface area contributed by atoms with E-state index in [-0.39, 0.29) is 23.1 Å². The lowest BCUT2D eigenvalue weighted by molar-refractivity contribution is -0.0788. The van der Waals surface area contributed by atoms with Crippen LogP contribution >= 0.6 is 0 Å². The number of rotatable bonds is 9. The largest absolute Gasteiger partial charge is 0.486 e. The third-order valence-electron chi connectivity index (χ3n) is 5.72. The van der Waals surface area contributed by atoms with E-state index in [4.69, 9.17) is 14.9 Å². The standard InChI is InChI=1S/C24H27FN6O4/c1-24(2,34-18-9-8-15-6-4-5-7-16(15)10-18)14-27-20-19(11-26)29-23(30-21(20)33-3)31-13-17(12-28-31)22(32)35-25/h8-13,26-27H,4-7,14H2,1-3H3. The van der Waals surface area contributed by atoms with Gasteiger partial charge in [-0.3, -0.25) is 0 Å². The molecule has 3 aromatic rings. The van der Waals surface area contributed by atoms with Crippen LogP contribution in [0.4, 0.5) is 10.2 Å². The van der Waals surface area contributed by atoms with Crippen molar-refractivity contribution in [2.75, 3.05) is 19.0 Å². The summed E-state index contributed by atoms with van der Waals surface area (Å²) in [6.45, 7) is 4.29. The highest BCUT2D eigenvalue weighted by molar-refractivity contribution is 5.88. The fourth-order valence-corrected chi connectivity index (χ4v) is 3.98. The Balaban J connectivity index is 1.52. The minimum absolute atomic E-state index is 0.0355. The molecule has 0 bridgehead atoms. The number of ether oxygens (including phenoxy) is 2. The molecule has 0 radical (unpaired) electrons. The molecule has 0 atom stereocenters. The van der Waals surface area contributed by atoms with Crippen LogP contribution in [0.1, 0.15) is 53.9 Å². The number of fused-ring (bicyclic) bond motifs is 1. The topological polar surface area (TPSA) is 124 Å². The number of anilines is 1. The van der Waals surface area contributed by atoms with Crippen LogP contribution in [0.2, 0.25) is 0 Å². The second kappa shape index (κ2) is 10.1. The average molecular weight is 483 g/mol. The summed E-state index contributed by atoms with van der Waals surface area (Å²) in [5.41, 5.74) is 2.66. The second-order valence-electron chi connectivity index (χ2n) is 8.83. The number of carbonyl (C=O) groups is 1. The molecule has 1 aliphatic rings. The summed E-state index contributed by atoms with van der Waals surface area (Å²) in [5, 5.41) is 15.0. The minimum atomic E-state index is -1.19. The van der Waals surface area contributed by atoms with Gasteiger partial charge in [-0.1, -0.05) is 6.07 Å². The summed E-state index contributed by atoms with van der Waals surface area (Å²) in [4.78, 5) is 23.2. The van der Waals surface area contributed by atoms with Crippen molar-refractivity contribution in [2.45, 2.75) is 45.1 Å². The predicted molar refractivity (Wildman–Crippen MR) is 126 cm³/mol. The quantitative estimate of drug-likeness (QED) is 0.441. The van der Waals surface area contributed by atoms with Crippen molar-refractivity contribution < 1.29 is 23.7 Å². The van der Waals surface area contributed by atoms with Crippen LogP contribution in [-0.2, 0) is 17.8 Å². The van der Waals surface area contributed by atoms with Gasteiger partial charge in [-0.15, -0.1) is 0 Å². The van der Waals surface area contributed by atoms with Crippen LogP contribution in [0, 0.1) is 5.41 Å². The lowest BCUT2D eigenvalue weighted by Crippen LogP contribution is -2.37. The Bertz CT molecular complexity index is 1240. The van der Waals surface area contributed by atoms with Gasteiger partial charge in [0.1, 0.15) is 28.3 Å². The first kappa shape index (κ1) is 24.1. The number of hydrogen-bond donors (Lipinski definition) is 2. The molecular formula is C24H27FN6O4. The predicted octanol–water partition coefficient (Wildman–Crippen LogP) is 3.86. The molecule has 4 rings (SSSR count). The van der Waals surface area contributed by atoms with Crippen LogP contribution in [0.25, 0.3) is 5.95 Å². The molecule has 1 aliphatic carbocycles. The number of aryl methyl sites for hydroxylation is 2. The van der Waals surface area contributed by atoms with Crippen LogP contribution in [-0.4, -0.2) is 51.2 Å². The van der Waals surface area contributed by atoms with Crippen molar-refractivity contribution in [3.8, 4) is 17.6 Å². The van der Waals surface area contributed by atoms with E-state index in [9.17, 15) is 9.32 Å². The molecule has 184 valence electrons. The lowest BCUT2D eigenvalue weighted by Gasteiger charge is -2.28. The molecule has 0 saturated carbocycles. The van der Waals surface area contributed by atoms with E-state index in [0.29, 0.717) is 12.2 Å². The molecule has 11 heteroatoms. The Morgan fingerprint density at radius 3 is 2.74 bits per heavy atom. The molecule has 0 unspecified atom stereocenters.